The van der Waals surface area contributed by atoms with E-state index in [1.165, 1.54) is 5.69 Å². The van der Waals surface area contributed by atoms with Crippen LogP contribution in [0.2, 0.25) is 0 Å². The zero-order valence-electron chi connectivity index (χ0n) is 13.3. The van der Waals surface area contributed by atoms with Gasteiger partial charge in [-0.2, -0.15) is 5.10 Å². The van der Waals surface area contributed by atoms with Gasteiger partial charge < -0.3 is 9.80 Å². The number of Topliss-reactive ketones (excluding diaryl/α,β-unsaturated/α-hetero) is 1. The van der Waals surface area contributed by atoms with Crippen LogP contribution in [0.5, 0.6) is 0 Å². The quantitative estimate of drug-likeness (QED) is 0.913. The molecule has 1 aromatic heterocycles. The number of benzene rings is 1. The van der Waals surface area contributed by atoms with Crippen LogP contribution in [0.25, 0.3) is 10.9 Å². The summed E-state index contributed by atoms with van der Waals surface area (Å²) in [5.74, 6) is 1.35. The Hall–Kier alpha value is -2.34. The van der Waals surface area contributed by atoms with Gasteiger partial charge in [-0.3, -0.25) is 14.8 Å². The zero-order valence-corrected chi connectivity index (χ0v) is 13.3. The van der Waals surface area contributed by atoms with Gasteiger partial charge >= 0.3 is 0 Å². The molecule has 4 rings (SSSR count). The first-order chi connectivity index (χ1) is 11.2. The van der Waals surface area contributed by atoms with Crippen LogP contribution in [0, 0.1) is 0 Å². The van der Waals surface area contributed by atoms with Crippen molar-refractivity contribution in [2.75, 3.05) is 36.1 Å². The molecule has 1 fully saturated rings. The Morgan fingerprint density at radius 3 is 2.78 bits per heavy atom. The molecule has 2 aliphatic heterocycles. The normalized spacial score (nSPS) is 18.9. The molecule has 1 aromatic carbocycles. The van der Waals surface area contributed by atoms with Gasteiger partial charge in [0.2, 0.25) is 0 Å². The summed E-state index contributed by atoms with van der Waals surface area (Å²) in [5.41, 5.74) is 2.29. The van der Waals surface area contributed by atoms with E-state index in [9.17, 15) is 4.79 Å². The fourth-order valence-corrected chi connectivity index (χ4v) is 3.30. The lowest BCUT2D eigenvalue weighted by Gasteiger charge is -2.28. The molecule has 0 atom stereocenters. The van der Waals surface area contributed by atoms with E-state index in [4.69, 9.17) is 5.10 Å². The number of carbonyl (C=O) groups is 1. The van der Waals surface area contributed by atoms with Crippen molar-refractivity contribution >= 4 is 28.2 Å². The van der Waals surface area contributed by atoms with Crippen LogP contribution in [0.3, 0.4) is 0 Å². The van der Waals surface area contributed by atoms with Crippen LogP contribution in [-0.2, 0) is 11.8 Å². The molecular formula is C17H21N5O. The van der Waals surface area contributed by atoms with Gasteiger partial charge in [-0.1, -0.05) is 6.08 Å². The van der Waals surface area contributed by atoms with Crippen LogP contribution in [-0.4, -0.2) is 41.9 Å². The first-order valence-electron chi connectivity index (χ1n) is 8.10. The predicted octanol–water partition coefficient (Wildman–Crippen LogP) is 1.62. The highest BCUT2D eigenvalue weighted by Gasteiger charge is 2.19. The molecule has 1 saturated heterocycles. The molecule has 0 bridgehead atoms. The van der Waals surface area contributed by atoms with Crippen LogP contribution in [0.4, 0.5) is 11.5 Å². The molecule has 0 saturated carbocycles. The minimum atomic E-state index is 0.370. The number of aromatic nitrogens is 2. The number of hydrogen-bond acceptors (Lipinski definition) is 5. The lowest BCUT2D eigenvalue weighted by Crippen LogP contribution is -2.34. The predicted molar refractivity (Wildman–Crippen MR) is 91.7 cm³/mol. The number of rotatable bonds is 2. The minimum Gasteiger partial charge on any atom is -0.371 e. The molecule has 0 amide bonds. The van der Waals surface area contributed by atoms with E-state index in [1.54, 1.807) is 0 Å². The van der Waals surface area contributed by atoms with Crippen LogP contribution >= 0.6 is 0 Å². The summed E-state index contributed by atoms with van der Waals surface area (Å²) >= 11 is 0. The maximum absolute atomic E-state index is 11.4. The zero-order chi connectivity index (χ0) is 15.8. The Bertz CT molecular complexity index is 769. The third kappa shape index (κ3) is 2.59. The summed E-state index contributed by atoms with van der Waals surface area (Å²) in [4.78, 5) is 15.8. The Morgan fingerprint density at radius 2 is 2.04 bits per heavy atom. The largest absolute Gasteiger partial charge is 0.371 e. The molecule has 0 unspecified atom stereocenters. The topological polar surface area (TPSA) is 53.4 Å². The third-order valence-electron chi connectivity index (χ3n) is 4.60. The first kappa shape index (κ1) is 14.3. The summed E-state index contributed by atoms with van der Waals surface area (Å²) in [6.07, 6.45) is 5.49. The highest BCUT2D eigenvalue weighted by atomic mass is 16.1. The smallest absolute Gasteiger partial charge is 0.163 e. The summed E-state index contributed by atoms with van der Waals surface area (Å²) in [5, 5.41) is 9.17. The number of piperidine rings is 1. The molecule has 120 valence electrons. The Labute approximate surface area is 135 Å². The number of aryl methyl sites for hydroxylation is 1. The Kier molecular flexibility index (Phi) is 3.53. The molecular weight excluding hydrogens is 290 g/mol. The second-order valence-electron chi connectivity index (χ2n) is 6.14. The maximum atomic E-state index is 11.4. The molecule has 0 aliphatic carbocycles. The molecule has 23 heavy (non-hydrogen) atoms. The van der Waals surface area contributed by atoms with Crippen molar-refractivity contribution in [2.24, 2.45) is 7.05 Å². The molecule has 1 N–H and O–H groups in total. The van der Waals surface area contributed by atoms with Crippen molar-refractivity contribution in [3.05, 3.63) is 30.5 Å². The highest BCUT2D eigenvalue weighted by molar-refractivity contribution is 5.93. The van der Waals surface area contributed by atoms with Crippen LogP contribution < -0.4 is 15.1 Å². The second-order valence-corrected chi connectivity index (χ2v) is 6.14. The van der Waals surface area contributed by atoms with Gasteiger partial charge in [0.15, 0.2) is 5.82 Å². The van der Waals surface area contributed by atoms with Gasteiger partial charge in [0.25, 0.3) is 0 Å². The molecule has 6 heteroatoms. The van der Waals surface area contributed by atoms with E-state index in [1.807, 2.05) is 11.7 Å². The lowest BCUT2D eigenvalue weighted by molar-refractivity contribution is -0.119. The number of anilines is 2. The fourth-order valence-electron chi connectivity index (χ4n) is 3.30. The van der Waals surface area contributed by atoms with E-state index in [0.717, 1.165) is 43.0 Å². The van der Waals surface area contributed by atoms with Crippen molar-refractivity contribution in [1.29, 1.82) is 0 Å². The van der Waals surface area contributed by atoms with E-state index < -0.39 is 0 Å². The summed E-state index contributed by atoms with van der Waals surface area (Å²) in [7, 11) is 1.98. The van der Waals surface area contributed by atoms with Crippen molar-refractivity contribution in [1.82, 2.24) is 15.1 Å². The second kappa shape index (κ2) is 5.70. The van der Waals surface area contributed by atoms with Gasteiger partial charge in [-0.25, -0.2) is 0 Å². The first-order valence-corrected chi connectivity index (χ1v) is 8.10. The van der Waals surface area contributed by atoms with Crippen molar-refractivity contribution < 1.29 is 4.79 Å². The number of carbonyl (C=O) groups excluding carboxylic acids is 1. The summed E-state index contributed by atoms with van der Waals surface area (Å²) in [6, 6.07) is 6.47. The van der Waals surface area contributed by atoms with E-state index in [2.05, 4.69) is 45.6 Å². The summed E-state index contributed by atoms with van der Waals surface area (Å²) in [6.45, 7) is 3.30. The van der Waals surface area contributed by atoms with E-state index >= 15 is 0 Å². The van der Waals surface area contributed by atoms with Crippen molar-refractivity contribution in [3.63, 3.8) is 0 Å². The van der Waals surface area contributed by atoms with Gasteiger partial charge in [-0.15, -0.1) is 0 Å². The minimum absolute atomic E-state index is 0.370. The van der Waals surface area contributed by atoms with Crippen LogP contribution in [0.1, 0.15) is 12.8 Å². The number of nitrogens with one attached hydrogen (secondary N) is 1. The molecule has 6 nitrogen and oxygen atoms in total. The number of fused-ring (bicyclic) bond motifs is 1. The van der Waals surface area contributed by atoms with Gasteiger partial charge in [0, 0.05) is 56.8 Å². The van der Waals surface area contributed by atoms with Gasteiger partial charge in [0.1, 0.15) is 5.78 Å². The standard InChI is InChI=1S/C17H21N5O/c1-20-16-11-13(21-9-5-14(23)6-10-21)3-4-15(16)17(19-20)22-8-2-7-18-12-22/h2-4,8,11,18H,5-7,9-10,12H2,1H3. The molecule has 3 heterocycles. The third-order valence-corrected chi connectivity index (χ3v) is 4.60. The van der Waals surface area contributed by atoms with Crippen molar-refractivity contribution in [3.8, 4) is 0 Å². The summed E-state index contributed by atoms with van der Waals surface area (Å²) < 4.78 is 1.94. The SMILES string of the molecule is Cn1nc(N2C=CCNC2)c2ccc(N3CCC(=O)CC3)cc21. The van der Waals surface area contributed by atoms with Crippen molar-refractivity contribution in [2.45, 2.75) is 12.8 Å². The monoisotopic (exact) mass is 311 g/mol. The molecule has 2 aromatic rings. The number of hydrogen-bond donors (Lipinski definition) is 1. The van der Waals surface area contributed by atoms with E-state index in [-0.39, 0.29) is 0 Å². The average Bonchev–Trinajstić information content (AvgIpc) is 2.93. The number of nitrogens with zero attached hydrogens (tertiary/aromatic N) is 4. The molecule has 2 aliphatic rings. The van der Waals surface area contributed by atoms with Gasteiger partial charge in [-0.05, 0) is 18.2 Å². The molecule has 0 radical (unpaired) electrons. The Morgan fingerprint density at radius 1 is 1.22 bits per heavy atom. The fraction of sp³-hybridized carbons (Fsp3) is 0.412. The van der Waals surface area contributed by atoms with Crippen LogP contribution in [0.15, 0.2) is 30.5 Å². The van der Waals surface area contributed by atoms with Gasteiger partial charge in [0.05, 0.1) is 12.2 Å². The highest BCUT2D eigenvalue weighted by Crippen LogP contribution is 2.30. The average molecular weight is 311 g/mol. The van der Waals surface area contributed by atoms with E-state index in [0.29, 0.717) is 18.6 Å². The maximum Gasteiger partial charge on any atom is 0.163 e. The Balaban J connectivity index is 1.69. The number of ketones is 1. The molecule has 0 spiro atoms. The lowest BCUT2D eigenvalue weighted by atomic mass is 10.1.